The first-order valence-corrected chi connectivity index (χ1v) is 8.03. The van der Waals surface area contributed by atoms with Gasteiger partial charge in [-0.3, -0.25) is 0 Å². The number of methoxy groups -OCH3 is 1. The maximum Gasteiger partial charge on any atom is 0.127 e. The summed E-state index contributed by atoms with van der Waals surface area (Å²) in [5, 5.41) is 3.63. The lowest BCUT2D eigenvalue weighted by atomic mass is 10.00. The summed E-state index contributed by atoms with van der Waals surface area (Å²) in [5.41, 5.74) is 3.07. The average molecular weight is 289 g/mol. The molecule has 1 aliphatic carbocycles. The first-order chi connectivity index (χ1) is 10.0. The predicted molar refractivity (Wildman–Crippen MR) is 84.7 cm³/mol. The molecule has 0 radical (unpaired) electrons. The van der Waals surface area contributed by atoms with E-state index in [0.717, 1.165) is 31.9 Å². The molecule has 1 aromatic rings. The summed E-state index contributed by atoms with van der Waals surface area (Å²) in [4.78, 5) is 0. The van der Waals surface area contributed by atoms with Gasteiger partial charge in [0.25, 0.3) is 0 Å². The third-order valence-corrected chi connectivity index (χ3v) is 4.78. The zero-order valence-corrected chi connectivity index (χ0v) is 13.5. The molecule has 1 aromatic carbocycles. The Morgan fingerprint density at radius 1 is 1.29 bits per heavy atom. The molecule has 3 nitrogen and oxygen atoms in total. The lowest BCUT2D eigenvalue weighted by Crippen LogP contribution is -2.26. The minimum atomic E-state index is -0.0609. The minimum Gasteiger partial charge on any atom is -0.487 e. The van der Waals surface area contributed by atoms with Crippen LogP contribution in [-0.4, -0.2) is 25.9 Å². The zero-order chi connectivity index (χ0) is 14.9. The van der Waals surface area contributed by atoms with E-state index in [2.05, 4.69) is 37.4 Å². The van der Waals surface area contributed by atoms with Crippen LogP contribution < -0.4 is 10.1 Å². The molecule has 0 amide bonds. The number of nitrogens with one attached hydrogen (secondary N) is 1. The van der Waals surface area contributed by atoms with Gasteiger partial charge in [-0.1, -0.05) is 18.2 Å². The molecule has 1 saturated carbocycles. The van der Waals surface area contributed by atoms with Gasteiger partial charge in [0.2, 0.25) is 0 Å². The highest BCUT2D eigenvalue weighted by Crippen LogP contribution is 2.48. The van der Waals surface area contributed by atoms with E-state index >= 15 is 0 Å². The topological polar surface area (TPSA) is 30.5 Å². The smallest absolute Gasteiger partial charge is 0.127 e. The van der Waals surface area contributed by atoms with Crippen molar-refractivity contribution in [2.45, 2.75) is 51.7 Å². The normalized spacial score (nSPS) is 20.9. The first-order valence-electron chi connectivity index (χ1n) is 8.03. The first kappa shape index (κ1) is 14.9. The van der Waals surface area contributed by atoms with Crippen LogP contribution in [0.5, 0.6) is 5.75 Å². The number of hydrogen-bond acceptors (Lipinski definition) is 3. The minimum absolute atomic E-state index is 0.0609. The molecule has 3 rings (SSSR count). The molecule has 0 bridgehead atoms. The van der Waals surface area contributed by atoms with Crippen LogP contribution in [0.1, 0.15) is 44.2 Å². The lowest BCUT2D eigenvalue weighted by molar-refractivity contribution is 0.137. The van der Waals surface area contributed by atoms with E-state index in [1.165, 1.54) is 30.4 Å². The van der Waals surface area contributed by atoms with Crippen molar-refractivity contribution < 1.29 is 9.47 Å². The molecule has 0 atom stereocenters. The monoisotopic (exact) mass is 289 g/mol. The van der Waals surface area contributed by atoms with Gasteiger partial charge in [0, 0.05) is 38.8 Å². The van der Waals surface area contributed by atoms with Crippen molar-refractivity contribution in [2.24, 2.45) is 5.41 Å². The summed E-state index contributed by atoms with van der Waals surface area (Å²) >= 11 is 0. The van der Waals surface area contributed by atoms with Crippen molar-refractivity contribution in [3.8, 4) is 5.75 Å². The largest absolute Gasteiger partial charge is 0.487 e. The van der Waals surface area contributed by atoms with Gasteiger partial charge in [-0.25, -0.2) is 0 Å². The van der Waals surface area contributed by atoms with E-state index in [4.69, 9.17) is 9.47 Å². The SMILES string of the molecule is COCCC1(CNCc2cccc3c2OC(C)(C)C3)CC1. The molecule has 0 aromatic heterocycles. The molecule has 0 saturated heterocycles. The Balaban J connectivity index is 1.57. The van der Waals surface area contributed by atoms with E-state index < -0.39 is 0 Å². The second-order valence-electron chi connectivity index (χ2n) is 7.29. The van der Waals surface area contributed by atoms with Crippen molar-refractivity contribution in [1.82, 2.24) is 5.32 Å². The van der Waals surface area contributed by atoms with Gasteiger partial charge in [0.05, 0.1) is 0 Å². The standard InChI is InChI=1S/C18H27NO2/c1-17(2)11-14-5-4-6-15(16(14)21-17)12-19-13-18(7-8-18)9-10-20-3/h4-6,19H,7-13H2,1-3H3. The van der Waals surface area contributed by atoms with E-state index in [1.807, 2.05) is 0 Å². The Kier molecular flexibility index (Phi) is 3.98. The number of benzene rings is 1. The molecule has 116 valence electrons. The van der Waals surface area contributed by atoms with Gasteiger partial charge in [-0.2, -0.15) is 0 Å². The number of ether oxygens (including phenoxy) is 2. The Hall–Kier alpha value is -1.06. The Bertz CT molecular complexity index is 506. The van der Waals surface area contributed by atoms with Crippen molar-refractivity contribution in [3.05, 3.63) is 29.3 Å². The van der Waals surface area contributed by atoms with E-state index in [0.29, 0.717) is 5.41 Å². The Morgan fingerprint density at radius 3 is 2.81 bits per heavy atom. The van der Waals surface area contributed by atoms with Crippen LogP contribution in [0.2, 0.25) is 0 Å². The molecule has 3 heteroatoms. The summed E-state index contributed by atoms with van der Waals surface area (Å²) in [7, 11) is 1.79. The maximum absolute atomic E-state index is 6.13. The van der Waals surface area contributed by atoms with Crippen LogP contribution >= 0.6 is 0 Å². The highest BCUT2D eigenvalue weighted by molar-refractivity contribution is 5.45. The molecular weight excluding hydrogens is 262 g/mol. The van der Waals surface area contributed by atoms with Crippen LogP contribution in [0.4, 0.5) is 0 Å². The Morgan fingerprint density at radius 2 is 2.10 bits per heavy atom. The van der Waals surface area contributed by atoms with Crippen LogP contribution in [-0.2, 0) is 17.7 Å². The number of rotatable bonds is 7. The van der Waals surface area contributed by atoms with Gasteiger partial charge in [0.1, 0.15) is 11.4 Å². The highest BCUT2D eigenvalue weighted by atomic mass is 16.5. The fourth-order valence-corrected chi connectivity index (χ4v) is 3.29. The van der Waals surface area contributed by atoms with Crippen molar-refractivity contribution in [2.75, 3.05) is 20.3 Å². The fraction of sp³-hybridized carbons (Fsp3) is 0.667. The van der Waals surface area contributed by atoms with Crippen LogP contribution in [0.3, 0.4) is 0 Å². The van der Waals surface area contributed by atoms with Crippen molar-refractivity contribution in [1.29, 1.82) is 0 Å². The summed E-state index contributed by atoms with van der Waals surface area (Å²) in [5.74, 6) is 1.11. The molecular formula is C18H27NO2. The molecule has 0 unspecified atom stereocenters. The third-order valence-electron chi connectivity index (χ3n) is 4.78. The van der Waals surface area contributed by atoms with E-state index in [-0.39, 0.29) is 5.60 Å². The van der Waals surface area contributed by atoms with E-state index in [1.54, 1.807) is 7.11 Å². The molecule has 1 heterocycles. The average Bonchev–Trinajstić information content (AvgIpc) is 3.12. The van der Waals surface area contributed by atoms with Crippen LogP contribution in [0, 0.1) is 5.41 Å². The maximum atomic E-state index is 6.13. The van der Waals surface area contributed by atoms with Gasteiger partial charge < -0.3 is 14.8 Å². The van der Waals surface area contributed by atoms with Crippen molar-refractivity contribution in [3.63, 3.8) is 0 Å². The molecule has 0 spiro atoms. The van der Waals surface area contributed by atoms with Crippen molar-refractivity contribution >= 4 is 0 Å². The lowest BCUT2D eigenvalue weighted by Gasteiger charge is -2.19. The fourth-order valence-electron chi connectivity index (χ4n) is 3.29. The third kappa shape index (κ3) is 3.41. The van der Waals surface area contributed by atoms with Gasteiger partial charge in [0.15, 0.2) is 0 Å². The van der Waals surface area contributed by atoms with Gasteiger partial charge >= 0.3 is 0 Å². The van der Waals surface area contributed by atoms with Gasteiger partial charge in [-0.15, -0.1) is 0 Å². The molecule has 1 aliphatic heterocycles. The number of para-hydroxylation sites is 1. The van der Waals surface area contributed by atoms with Gasteiger partial charge in [-0.05, 0) is 44.1 Å². The second-order valence-corrected chi connectivity index (χ2v) is 7.29. The number of fused-ring (bicyclic) bond motifs is 1. The molecule has 21 heavy (non-hydrogen) atoms. The molecule has 1 N–H and O–H groups in total. The number of hydrogen-bond donors (Lipinski definition) is 1. The van der Waals surface area contributed by atoms with Crippen LogP contribution in [0.25, 0.3) is 0 Å². The predicted octanol–water partition coefficient (Wildman–Crippen LogP) is 3.31. The summed E-state index contributed by atoms with van der Waals surface area (Å²) < 4.78 is 11.3. The summed E-state index contributed by atoms with van der Waals surface area (Å²) in [6, 6.07) is 6.52. The Labute approximate surface area is 128 Å². The quantitative estimate of drug-likeness (QED) is 0.835. The highest BCUT2D eigenvalue weighted by Gasteiger charge is 2.41. The zero-order valence-electron chi connectivity index (χ0n) is 13.5. The summed E-state index contributed by atoms with van der Waals surface area (Å²) in [6.07, 6.45) is 4.85. The molecule has 2 aliphatic rings. The summed E-state index contributed by atoms with van der Waals surface area (Å²) in [6.45, 7) is 7.18. The van der Waals surface area contributed by atoms with E-state index in [9.17, 15) is 0 Å². The second kappa shape index (κ2) is 5.62. The van der Waals surface area contributed by atoms with Crippen LogP contribution in [0.15, 0.2) is 18.2 Å². The molecule has 1 fully saturated rings.